The van der Waals surface area contributed by atoms with E-state index in [0.29, 0.717) is 12.1 Å². The number of hydrogen-bond donors (Lipinski definition) is 1. The summed E-state index contributed by atoms with van der Waals surface area (Å²) < 4.78 is 25.9. The molecule has 1 saturated heterocycles. The Morgan fingerprint density at radius 3 is 2.48 bits per heavy atom. The van der Waals surface area contributed by atoms with Crippen molar-refractivity contribution in [1.82, 2.24) is 10.2 Å². The van der Waals surface area contributed by atoms with Gasteiger partial charge in [0, 0.05) is 17.0 Å². The van der Waals surface area contributed by atoms with Crippen molar-refractivity contribution in [3.63, 3.8) is 0 Å². The second-order valence-corrected chi connectivity index (χ2v) is 11.0. The van der Waals surface area contributed by atoms with E-state index in [2.05, 4.69) is 30.1 Å². The molecule has 1 atom stereocenters. The Balaban J connectivity index is 1.80. The summed E-state index contributed by atoms with van der Waals surface area (Å²) >= 11 is 1.65. The van der Waals surface area contributed by atoms with Gasteiger partial charge in [-0.2, -0.15) is 0 Å². The Morgan fingerprint density at radius 1 is 1.23 bits per heavy atom. The molecule has 9 heteroatoms. The fraction of sp³-hybridized carbons (Fsp3) is 0.455. The number of benzene rings is 1. The fourth-order valence-electron chi connectivity index (χ4n) is 3.88. The zero-order chi connectivity index (χ0) is 22.8. The highest BCUT2D eigenvalue weighted by atomic mass is 32.2. The molecule has 0 saturated carbocycles. The molecule has 2 aromatic rings. The van der Waals surface area contributed by atoms with Crippen molar-refractivity contribution in [2.45, 2.75) is 33.7 Å². The van der Waals surface area contributed by atoms with Crippen molar-refractivity contribution in [1.29, 1.82) is 0 Å². The summed E-state index contributed by atoms with van der Waals surface area (Å²) in [5.41, 5.74) is -0.481. The second kappa shape index (κ2) is 9.10. The second-order valence-electron chi connectivity index (χ2n) is 8.22. The fourth-order valence-corrected chi connectivity index (χ4v) is 6.84. The number of anilines is 1. The molecule has 3 rings (SSSR count). The molecule has 1 aromatic heterocycles. The van der Waals surface area contributed by atoms with Crippen LogP contribution in [0.4, 0.5) is 5.69 Å². The summed E-state index contributed by atoms with van der Waals surface area (Å²) in [7, 11) is -3.77. The van der Waals surface area contributed by atoms with E-state index < -0.39 is 21.3 Å². The summed E-state index contributed by atoms with van der Waals surface area (Å²) in [6, 6.07) is 10.3. The monoisotopic (exact) mass is 463 g/mol. The lowest BCUT2D eigenvalue weighted by molar-refractivity contribution is -0.123. The third kappa shape index (κ3) is 4.83. The van der Waals surface area contributed by atoms with Crippen LogP contribution in [0.1, 0.15) is 49.0 Å². The van der Waals surface area contributed by atoms with Crippen LogP contribution >= 0.6 is 11.3 Å². The Morgan fingerprint density at radius 2 is 1.94 bits per heavy atom. The van der Waals surface area contributed by atoms with Crippen LogP contribution < -0.4 is 9.62 Å². The van der Waals surface area contributed by atoms with Gasteiger partial charge in [0.2, 0.25) is 15.9 Å². The van der Waals surface area contributed by atoms with Gasteiger partial charge in [-0.25, -0.2) is 12.7 Å². The molecule has 2 amide bonds. The summed E-state index contributed by atoms with van der Waals surface area (Å²) in [6.07, 6.45) is 0. The van der Waals surface area contributed by atoms with Crippen LogP contribution in [0.15, 0.2) is 41.8 Å². The maximum absolute atomic E-state index is 12.9. The SMILES string of the molecule is CCN(CC)C(CNC(=O)c1cccc(N2C(=O)C(C)(C)CS2(=O)=O)c1)c1cccs1. The van der Waals surface area contributed by atoms with Crippen LogP contribution in [0.2, 0.25) is 0 Å². The molecule has 0 aliphatic carbocycles. The number of sulfonamides is 1. The first kappa shape index (κ1) is 23.4. The van der Waals surface area contributed by atoms with Crippen molar-refractivity contribution in [3.8, 4) is 0 Å². The highest BCUT2D eigenvalue weighted by molar-refractivity contribution is 7.94. The molecule has 31 heavy (non-hydrogen) atoms. The normalized spacial score (nSPS) is 18.4. The zero-order valence-corrected chi connectivity index (χ0v) is 19.9. The van der Waals surface area contributed by atoms with Crippen molar-refractivity contribution in [2.24, 2.45) is 5.41 Å². The van der Waals surface area contributed by atoms with E-state index in [0.717, 1.165) is 17.4 Å². The number of hydrogen-bond acceptors (Lipinski definition) is 6. The van der Waals surface area contributed by atoms with E-state index in [4.69, 9.17) is 0 Å². The molecule has 1 aromatic carbocycles. The van der Waals surface area contributed by atoms with E-state index in [1.807, 2.05) is 11.4 Å². The summed E-state index contributed by atoms with van der Waals surface area (Å²) in [6.45, 7) is 9.54. The third-order valence-corrected chi connectivity index (χ3v) is 8.50. The van der Waals surface area contributed by atoms with Gasteiger partial charge in [-0.1, -0.05) is 26.0 Å². The topological polar surface area (TPSA) is 86.8 Å². The van der Waals surface area contributed by atoms with Crippen LogP contribution in [0, 0.1) is 5.41 Å². The van der Waals surface area contributed by atoms with E-state index in [-0.39, 0.29) is 23.4 Å². The molecule has 0 spiro atoms. The predicted octanol–water partition coefficient (Wildman–Crippen LogP) is 3.26. The van der Waals surface area contributed by atoms with E-state index >= 15 is 0 Å². The first-order valence-electron chi connectivity index (χ1n) is 10.3. The quantitative estimate of drug-likeness (QED) is 0.649. The molecule has 2 heterocycles. The smallest absolute Gasteiger partial charge is 0.251 e. The maximum Gasteiger partial charge on any atom is 0.251 e. The van der Waals surface area contributed by atoms with Gasteiger partial charge in [0.1, 0.15) is 0 Å². The molecule has 7 nitrogen and oxygen atoms in total. The number of carbonyl (C=O) groups is 2. The van der Waals surface area contributed by atoms with Crippen LogP contribution in [0.25, 0.3) is 0 Å². The van der Waals surface area contributed by atoms with Gasteiger partial charge in [-0.15, -0.1) is 11.3 Å². The van der Waals surface area contributed by atoms with Gasteiger partial charge in [-0.3, -0.25) is 14.5 Å². The molecule has 0 radical (unpaired) electrons. The lowest BCUT2D eigenvalue weighted by atomic mass is 9.95. The molecule has 1 aliphatic rings. The molecule has 1 aliphatic heterocycles. The van der Waals surface area contributed by atoms with E-state index in [1.165, 1.54) is 17.0 Å². The average molecular weight is 464 g/mol. The highest BCUT2D eigenvalue weighted by Crippen LogP contribution is 2.36. The van der Waals surface area contributed by atoms with Crippen LogP contribution in [-0.4, -0.2) is 50.5 Å². The van der Waals surface area contributed by atoms with Crippen LogP contribution in [0.5, 0.6) is 0 Å². The Bertz CT molecular complexity index is 1040. The predicted molar refractivity (Wildman–Crippen MR) is 124 cm³/mol. The van der Waals surface area contributed by atoms with Gasteiger partial charge in [-0.05, 0) is 56.6 Å². The third-order valence-electron chi connectivity index (χ3n) is 5.51. The Hall–Kier alpha value is -2.23. The number of carbonyl (C=O) groups excluding carboxylic acids is 2. The largest absolute Gasteiger partial charge is 0.350 e. The number of rotatable bonds is 8. The number of nitrogens with zero attached hydrogens (tertiary/aromatic N) is 2. The molecule has 1 unspecified atom stereocenters. The van der Waals surface area contributed by atoms with Gasteiger partial charge >= 0.3 is 0 Å². The van der Waals surface area contributed by atoms with Crippen molar-refractivity contribution in [2.75, 3.05) is 29.7 Å². The van der Waals surface area contributed by atoms with Crippen LogP contribution in [-0.2, 0) is 14.8 Å². The Labute approximate surface area is 188 Å². The molecule has 168 valence electrons. The zero-order valence-electron chi connectivity index (χ0n) is 18.3. The number of likely N-dealkylation sites (N-methyl/N-ethyl adjacent to an activating group) is 1. The molecule has 0 bridgehead atoms. The van der Waals surface area contributed by atoms with Gasteiger partial charge in [0.05, 0.1) is 22.9 Å². The molecular formula is C22H29N3O4S2. The maximum atomic E-state index is 12.9. The van der Waals surface area contributed by atoms with Crippen molar-refractivity contribution >= 4 is 38.9 Å². The first-order chi connectivity index (χ1) is 14.6. The van der Waals surface area contributed by atoms with Gasteiger partial charge in [0.15, 0.2) is 0 Å². The summed E-state index contributed by atoms with van der Waals surface area (Å²) in [5, 5.41) is 5.00. The van der Waals surface area contributed by atoms with Crippen molar-refractivity contribution < 1.29 is 18.0 Å². The molecule has 1 fully saturated rings. The molecular weight excluding hydrogens is 434 g/mol. The minimum absolute atomic E-state index is 0.0588. The molecule has 1 N–H and O–H groups in total. The van der Waals surface area contributed by atoms with E-state index in [9.17, 15) is 18.0 Å². The summed E-state index contributed by atoms with van der Waals surface area (Å²) in [5.74, 6) is -1.04. The standard InChI is InChI=1S/C22H29N3O4S2/c1-5-24(6-2)18(19-11-8-12-30-19)14-23-20(26)16-9-7-10-17(13-16)25-21(27)22(3,4)15-31(25,28)29/h7-13,18H,5-6,14-15H2,1-4H3,(H,23,26). The lowest BCUT2D eigenvalue weighted by Gasteiger charge is -2.29. The Kier molecular flexibility index (Phi) is 6.88. The van der Waals surface area contributed by atoms with Crippen LogP contribution in [0.3, 0.4) is 0 Å². The average Bonchev–Trinajstić information content (AvgIpc) is 3.29. The minimum atomic E-state index is -3.77. The van der Waals surface area contributed by atoms with E-state index in [1.54, 1.807) is 37.3 Å². The highest BCUT2D eigenvalue weighted by Gasteiger charge is 2.49. The summed E-state index contributed by atoms with van der Waals surface area (Å²) in [4.78, 5) is 29.0. The number of thiophene rings is 1. The minimum Gasteiger partial charge on any atom is -0.350 e. The van der Waals surface area contributed by atoms with Crippen molar-refractivity contribution in [3.05, 3.63) is 52.2 Å². The van der Waals surface area contributed by atoms with Gasteiger partial charge < -0.3 is 5.32 Å². The number of amides is 2. The first-order valence-corrected chi connectivity index (χ1v) is 12.8. The lowest BCUT2D eigenvalue weighted by Crippen LogP contribution is -2.38. The van der Waals surface area contributed by atoms with Gasteiger partial charge in [0.25, 0.3) is 5.91 Å². The number of nitrogens with one attached hydrogen (secondary N) is 1.